The molecular weight excluding hydrogens is 354 g/mol. The van der Waals surface area contributed by atoms with Crippen LogP contribution in [0, 0.1) is 6.92 Å². The predicted molar refractivity (Wildman–Crippen MR) is 102 cm³/mol. The first-order chi connectivity index (χ1) is 12.1. The second kappa shape index (κ2) is 6.20. The lowest BCUT2D eigenvalue weighted by molar-refractivity contribution is 0.393. The average Bonchev–Trinajstić information content (AvgIpc) is 3.04. The number of hydrogen-bond donors (Lipinski definition) is 0. The minimum atomic E-state index is -3.56. The Hall–Kier alpha value is -2.31. The van der Waals surface area contributed by atoms with Gasteiger partial charge in [0.15, 0.2) is 0 Å². The second-order valence-electron chi connectivity index (χ2n) is 5.78. The maximum Gasteiger partial charge on any atom is 0.251 e. The van der Waals surface area contributed by atoms with Crippen LogP contribution in [-0.2, 0) is 8.87 Å². The molecule has 25 heavy (non-hydrogen) atoms. The van der Waals surface area contributed by atoms with Gasteiger partial charge in [0.1, 0.15) is 23.3 Å². The largest absolute Gasteiger partial charge is 0.487 e. The Morgan fingerprint density at radius 2 is 1.76 bits per heavy atom. The Kier molecular flexibility index (Phi) is 4.01. The van der Waals surface area contributed by atoms with Gasteiger partial charge in [0, 0.05) is 0 Å². The first kappa shape index (κ1) is 16.2. The highest BCUT2D eigenvalue weighted by Gasteiger charge is 2.24. The Balaban J connectivity index is 1.74. The molecule has 3 aromatic carbocycles. The molecule has 0 fully saturated rings. The van der Waals surface area contributed by atoms with Crippen molar-refractivity contribution < 1.29 is 13.2 Å². The van der Waals surface area contributed by atoms with E-state index in [-0.39, 0.29) is 6.61 Å². The molecule has 0 saturated carbocycles. The van der Waals surface area contributed by atoms with Crippen LogP contribution in [0.5, 0.6) is 5.75 Å². The van der Waals surface area contributed by atoms with Crippen LogP contribution in [0.4, 0.5) is 0 Å². The number of fused-ring (bicyclic) bond motifs is 3. The van der Waals surface area contributed by atoms with E-state index in [0.717, 1.165) is 22.1 Å². The van der Waals surface area contributed by atoms with Gasteiger partial charge in [-0.2, -0.15) is 0 Å². The minimum Gasteiger partial charge on any atom is -0.487 e. The molecule has 0 saturated heterocycles. The van der Waals surface area contributed by atoms with E-state index in [1.807, 2.05) is 42.5 Å². The van der Waals surface area contributed by atoms with E-state index in [1.54, 1.807) is 25.1 Å². The van der Waals surface area contributed by atoms with Crippen LogP contribution in [0.25, 0.3) is 10.8 Å². The van der Waals surface area contributed by atoms with Gasteiger partial charge in [-0.1, -0.05) is 48.5 Å². The van der Waals surface area contributed by atoms with E-state index in [4.69, 9.17) is 4.74 Å². The summed E-state index contributed by atoms with van der Waals surface area (Å²) in [6.07, 6.45) is 0. The fraction of sp³-hybridized carbons (Fsp3) is 0.105. The Morgan fingerprint density at radius 3 is 2.60 bits per heavy atom. The third kappa shape index (κ3) is 2.92. The van der Waals surface area contributed by atoms with E-state index in [9.17, 15) is 8.42 Å². The van der Waals surface area contributed by atoms with Crippen molar-refractivity contribution in [3.05, 3.63) is 71.8 Å². The first-order valence-corrected chi connectivity index (χ1v) is 10.5. The summed E-state index contributed by atoms with van der Waals surface area (Å²) in [6.45, 7) is 2.06. The minimum absolute atomic E-state index is 0.277. The van der Waals surface area contributed by atoms with Crippen molar-refractivity contribution in [3.8, 4) is 5.75 Å². The number of benzene rings is 3. The summed E-state index contributed by atoms with van der Waals surface area (Å²) in [6, 6.07) is 18.8. The van der Waals surface area contributed by atoms with E-state index < -0.39 is 8.87 Å². The molecule has 3 aromatic rings. The molecule has 0 unspecified atom stereocenters. The van der Waals surface area contributed by atoms with Gasteiger partial charge >= 0.3 is 0 Å². The van der Waals surface area contributed by atoms with Gasteiger partial charge in [0.2, 0.25) is 0 Å². The van der Waals surface area contributed by atoms with Crippen LogP contribution in [0.1, 0.15) is 11.1 Å². The summed E-state index contributed by atoms with van der Waals surface area (Å²) in [5.74, 6) is 0.742. The van der Waals surface area contributed by atoms with E-state index in [0.29, 0.717) is 27.2 Å². The number of aryl methyl sites for hydroxylation is 1. The molecule has 0 aliphatic carbocycles. The predicted octanol–water partition coefficient (Wildman–Crippen LogP) is 4.37. The van der Waals surface area contributed by atoms with Crippen LogP contribution < -0.4 is 4.74 Å². The second-order valence-corrected chi connectivity index (χ2v) is 9.22. The molecule has 0 aromatic heterocycles. The Bertz CT molecular complexity index is 1100. The number of nitrogens with zero attached hydrogens (tertiary/aromatic N) is 1. The summed E-state index contributed by atoms with van der Waals surface area (Å²) < 4.78 is 35.2. The lowest BCUT2D eigenvalue weighted by Gasteiger charge is -2.05. The maximum atomic E-state index is 12.6. The fourth-order valence-electron chi connectivity index (χ4n) is 2.93. The highest BCUT2D eigenvalue weighted by Crippen LogP contribution is 2.35. The number of ether oxygens (including phenoxy) is 1. The molecule has 0 atom stereocenters. The van der Waals surface area contributed by atoms with Crippen molar-refractivity contribution in [2.24, 2.45) is 4.40 Å². The van der Waals surface area contributed by atoms with Gasteiger partial charge in [-0.15, -0.1) is 0 Å². The normalized spacial score (nSPS) is 15.3. The smallest absolute Gasteiger partial charge is 0.251 e. The molecule has 1 heterocycles. The standard InChI is InChI=1S/C19H15NO3S2/c1-13-6-2-5-9-18(13)25(21,22)24-20-16-12-23-17-11-10-14-7-3-4-8-15(14)19(16)17/h2-11H,12H2,1H3/b20-16+. The highest BCUT2D eigenvalue weighted by atomic mass is 33.1. The molecule has 1 aliphatic rings. The molecule has 4 rings (SSSR count). The third-order valence-corrected chi connectivity index (χ3v) is 6.99. The average molecular weight is 369 g/mol. The van der Waals surface area contributed by atoms with Crippen molar-refractivity contribution in [1.29, 1.82) is 0 Å². The quantitative estimate of drug-likeness (QED) is 0.508. The monoisotopic (exact) mass is 369 g/mol. The van der Waals surface area contributed by atoms with Crippen LogP contribution in [0.3, 0.4) is 0 Å². The van der Waals surface area contributed by atoms with Crippen LogP contribution >= 0.6 is 11.0 Å². The van der Waals surface area contributed by atoms with Gasteiger partial charge in [-0.05, 0) is 35.4 Å². The van der Waals surface area contributed by atoms with Crippen LogP contribution in [0.2, 0.25) is 0 Å². The first-order valence-electron chi connectivity index (χ1n) is 7.77. The van der Waals surface area contributed by atoms with Crippen LogP contribution in [0.15, 0.2) is 70.0 Å². The van der Waals surface area contributed by atoms with Crippen molar-refractivity contribution >= 4 is 36.3 Å². The summed E-state index contributed by atoms with van der Waals surface area (Å²) in [7, 11) is -2.97. The molecule has 0 bridgehead atoms. The van der Waals surface area contributed by atoms with Crippen molar-refractivity contribution in [1.82, 2.24) is 0 Å². The molecule has 0 spiro atoms. The zero-order valence-corrected chi connectivity index (χ0v) is 15.1. The molecule has 4 nitrogen and oxygen atoms in total. The van der Waals surface area contributed by atoms with Crippen molar-refractivity contribution in [2.45, 2.75) is 11.8 Å². The topological polar surface area (TPSA) is 55.7 Å². The SMILES string of the molecule is Cc1ccccc1S(=O)(=O)S/N=C1\COc2ccc3ccccc3c21. The molecule has 0 amide bonds. The summed E-state index contributed by atoms with van der Waals surface area (Å²) in [5, 5.41) is 2.09. The summed E-state index contributed by atoms with van der Waals surface area (Å²) >= 11 is 0. The van der Waals surface area contributed by atoms with E-state index in [1.165, 1.54) is 0 Å². The van der Waals surface area contributed by atoms with E-state index >= 15 is 0 Å². The third-order valence-electron chi connectivity index (χ3n) is 4.15. The molecule has 1 aliphatic heterocycles. The van der Waals surface area contributed by atoms with Gasteiger partial charge in [-0.25, -0.2) is 12.8 Å². The molecule has 0 N–H and O–H groups in total. The molecule has 0 radical (unpaired) electrons. The van der Waals surface area contributed by atoms with Crippen molar-refractivity contribution in [3.63, 3.8) is 0 Å². The maximum absolute atomic E-state index is 12.6. The van der Waals surface area contributed by atoms with Gasteiger partial charge in [-0.3, -0.25) is 0 Å². The lowest BCUT2D eigenvalue weighted by Crippen LogP contribution is -2.03. The number of hydrogen-bond acceptors (Lipinski definition) is 5. The zero-order valence-electron chi connectivity index (χ0n) is 13.5. The Morgan fingerprint density at radius 1 is 1.00 bits per heavy atom. The fourth-order valence-corrected chi connectivity index (χ4v) is 5.42. The van der Waals surface area contributed by atoms with Crippen LogP contribution in [-0.4, -0.2) is 20.7 Å². The summed E-state index contributed by atoms with van der Waals surface area (Å²) in [5.41, 5.74) is 2.24. The lowest BCUT2D eigenvalue weighted by atomic mass is 10.0. The van der Waals surface area contributed by atoms with Crippen molar-refractivity contribution in [2.75, 3.05) is 6.61 Å². The molecule has 6 heteroatoms. The van der Waals surface area contributed by atoms with Gasteiger partial charge in [0.25, 0.3) is 8.87 Å². The molecular formula is C19H15NO3S2. The number of rotatable bonds is 3. The zero-order chi connectivity index (χ0) is 17.4. The molecule has 126 valence electrons. The van der Waals surface area contributed by atoms with Gasteiger partial charge in [0.05, 0.1) is 16.2 Å². The van der Waals surface area contributed by atoms with Gasteiger partial charge < -0.3 is 4.74 Å². The highest BCUT2D eigenvalue weighted by molar-refractivity contribution is 8.71. The van der Waals surface area contributed by atoms with E-state index in [2.05, 4.69) is 4.40 Å². The Labute approximate surface area is 150 Å². The summed E-state index contributed by atoms with van der Waals surface area (Å²) in [4.78, 5) is 0.293.